The van der Waals surface area contributed by atoms with Crippen LogP contribution in [0.25, 0.3) is 10.8 Å². The van der Waals surface area contributed by atoms with Gasteiger partial charge >= 0.3 is 0 Å². The lowest BCUT2D eigenvalue weighted by atomic mass is 10.1. The van der Waals surface area contributed by atoms with Crippen LogP contribution in [0, 0.1) is 0 Å². The van der Waals surface area contributed by atoms with E-state index in [0.717, 1.165) is 5.82 Å². The molecule has 0 amide bonds. The lowest BCUT2D eigenvalue weighted by molar-refractivity contribution is 0.292. The fraction of sp³-hybridized carbons (Fsp3) is 0.133. The van der Waals surface area contributed by atoms with Crippen molar-refractivity contribution in [3.8, 4) is 5.75 Å². The van der Waals surface area contributed by atoms with Crippen molar-refractivity contribution in [1.82, 2.24) is 9.55 Å². The molecule has 3 rings (SSSR count). The highest BCUT2D eigenvalue weighted by atomic mass is 32.2. The molecule has 0 aliphatic carbocycles. The molecule has 2 aromatic carbocycles. The van der Waals surface area contributed by atoms with Crippen molar-refractivity contribution in [2.75, 3.05) is 0 Å². The van der Waals surface area contributed by atoms with Crippen LogP contribution >= 0.6 is 0 Å². The Morgan fingerprint density at radius 1 is 1.27 bits per heavy atom. The van der Waals surface area contributed by atoms with E-state index in [1.165, 1.54) is 6.07 Å². The molecule has 22 heavy (non-hydrogen) atoms. The number of fused-ring (bicyclic) bond motifs is 1. The third-order valence-corrected chi connectivity index (χ3v) is 4.29. The molecule has 0 fully saturated rings. The molecule has 0 bridgehead atoms. The van der Waals surface area contributed by atoms with Gasteiger partial charge in [0, 0.05) is 24.8 Å². The van der Waals surface area contributed by atoms with E-state index < -0.39 is 10.1 Å². The van der Waals surface area contributed by atoms with E-state index in [4.69, 9.17) is 4.74 Å². The minimum atomic E-state index is -4.28. The van der Waals surface area contributed by atoms with Gasteiger partial charge in [0.2, 0.25) is 0 Å². The quantitative estimate of drug-likeness (QED) is 0.747. The van der Waals surface area contributed by atoms with E-state index in [2.05, 4.69) is 4.98 Å². The van der Waals surface area contributed by atoms with Gasteiger partial charge < -0.3 is 9.30 Å². The molecule has 6 nitrogen and oxygen atoms in total. The van der Waals surface area contributed by atoms with E-state index >= 15 is 0 Å². The number of hydrogen-bond acceptors (Lipinski definition) is 4. The maximum absolute atomic E-state index is 11.4. The Morgan fingerprint density at radius 3 is 2.77 bits per heavy atom. The van der Waals surface area contributed by atoms with E-state index in [0.29, 0.717) is 16.5 Å². The Bertz CT molecular complexity index is 932. The Morgan fingerprint density at radius 2 is 2.09 bits per heavy atom. The maximum Gasteiger partial charge on any atom is 0.295 e. The Hall–Kier alpha value is -2.38. The second-order valence-corrected chi connectivity index (χ2v) is 6.25. The van der Waals surface area contributed by atoms with Gasteiger partial charge in [0.1, 0.15) is 23.1 Å². The van der Waals surface area contributed by atoms with Crippen molar-refractivity contribution in [2.45, 2.75) is 11.5 Å². The van der Waals surface area contributed by atoms with Crippen molar-refractivity contribution in [1.29, 1.82) is 0 Å². The second kappa shape index (κ2) is 5.43. The maximum atomic E-state index is 11.4. The summed E-state index contributed by atoms with van der Waals surface area (Å²) in [7, 11) is -2.42. The van der Waals surface area contributed by atoms with Crippen molar-refractivity contribution in [2.24, 2.45) is 7.05 Å². The van der Waals surface area contributed by atoms with Crippen molar-refractivity contribution < 1.29 is 17.7 Å². The molecule has 0 aliphatic rings. The second-order valence-electron chi connectivity index (χ2n) is 4.86. The number of ether oxygens (including phenoxy) is 1. The highest BCUT2D eigenvalue weighted by molar-refractivity contribution is 7.86. The normalized spacial score (nSPS) is 11.7. The van der Waals surface area contributed by atoms with Gasteiger partial charge in [-0.1, -0.05) is 18.2 Å². The SMILES string of the molecule is Cn1ccnc1COc1ccc2cccc(S(=O)(=O)O)c2c1. The summed E-state index contributed by atoms with van der Waals surface area (Å²) in [6, 6.07) is 9.81. The molecule has 0 radical (unpaired) electrons. The first-order valence-corrected chi connectivity index (χ1v) is 7.98. The van der Waals surface area contributed by atoms with Crippen LogP contribution in [0.4, 0.5) is 0 Å². The zero-order chi connectivity index (χ0) is 15.7. The highest BCUT2D eigenvalue weighted by Crippen LogP contribution is 2.27. The molecule has 0 saturated heterocycles. The lowest BCUT2D eigenvalue weighted by Gasteiger charge is -2.09. The molecule has 1 N–H and O–H groups in total. The van der Waals surface area contributed by atoms with Crippen LogP contribution in [0.3, 0.4) is 0 Å². The number of aromatic nitrogens is 2. The van der Waals surface area contributed by atoms with Crippen LogP contribution in [-0.2, 0) is 23.8 Å². The van der Waals surface area contributed by atoms with Gasteiger partial charge in [-0.25, -0.2) is 4.98 Å². The molecule has 1 heterocycles. The Labute approximate surface area is 127 Å². The molecule has 0 spiro atoms. The summed E-state index contributed by atoms with van der Waals surface area (Å²) >= 11 is 0. The number of aryl methyl sites for hydroxylation is 1. The van der Waals surface area contributed by atoms with Crippen LogP contribution in [0.5, 0.6) is 5.75 Å². The molecule has 3 aromatic rings. The third kappa shape index (κ3) is 2.81. The monoisotopic (exact) mass is 318 g/mol. The zero-order valence-corrected chi connectivity index (χ0v) is 12.6. The van der Waals surface area contributed by atoms with Crippen LogP contribution in [0.1, 0.15) is 5.82 Å². The Balaban J connectivity index is 1.97. The first kappa shape index (κ1) is 14.6. The number of nitrogens with zero attached hydrogens (tertiary/aromatic N) is 2. The van der Waals surface area contributed by atoms with Gasteiger partial charge in [-0.15, -0.1) is 0 Å². The summed E-state index contributed by atoms with van der Waals surface area (Å²) in [5.41, 5.74) is 0. The van der Waals surface area contributed by atoms with Crippen molar-refractivity contribution >= 4 is 20.9 Å². The number of benzene rings is 2. The van der Waals surface area contributed by atoms with E-state index in [-0.39, 0.29) is 11.5 Å². The van der Waals surface area contributed by atoms with Gasteiger partial charge in [-0.05, 0) is 23.6 Å². The first-order chi connectivity index (χ1) is 10.4. The summed E-state index contributed by atoms with van der Waals surface area (Å²) in [5, 5.41) is 1.13. The number of rotatable bonds is 4. The summed E-state index contributed by atoms with van der Waals surface area (Å²) in [6.07, 6.45) is 3.49. The van der Waals surface area contributed by atoms with Crippen molar-refractivity contribution in [3.05, 3.63) is 54.6 Å². The molecule has 0 unspecified atom stereocenters. The van der Waals surface area contributed by atoms with E-state index in [1.807, 2.05) is 17.8 Å². The summed E-state index contributed by atoms with van der Waals surface area (Å²) in [5.74, 6) is 1.26. The molecule has 7 heteroatoms. The zero-order valence-electron chi connectivity index (χ0n) is 11.8. The van der Waals surface area contributed by atoms with Crippen LogP contribution in [0.2, 0.25) is 0 Å². The number of imidazole rings is 1. The summed E-state index contributed by atoms with van der Waals surface area (Å²) < 4.78 is 39.7. The van der Waals surface area contributed by atoms with Gasteiger partial charge in [0.15, 0.2) is 0 Å². The average molecular weight is 318 g/mol. The molecular weight excluding hydrogens is 304 g/mol. The molecule has 114 valence electrons. The van der Waals surface area contributed by atoms with Crippen molar-refractivity contribution in [3.63, 3.8) is 0 Å². The molecule has 0 aliphatic heterocycles. The first-order valence-electron chi connectivity index (χ1n) is 6.54. The van der Waals surface area contributed by atoms with Crippen LogP contribution < -0.4 is 4.74 Å². The largest absolute Gasteiger partial charge is 0.486 e. The predicted molar refractivity (Wildman–Crippen MR) is 81.3 cm³/mol. The summed E-state index contributed by atoms with van der Waals surface area (Å²) in [4.78, 5) is 4.02. The molecular formula is C15H14N2O4S. The smallest absolute Gasteiger partial charge is 0.295 e. The fourth-order valence-corrected chi connectivity index (χ4v) is 2.93. The minimum Gasteiger partial charge on any atom is -0.486 e. The Kier molecular flexibility index (Phi) is 3.59. The summed E-state index contributed by atoms with van der Waals surface area (Å²) in [6.45, 7) is 0.267. The van der Waals surface area contributed by atoms with Gasteiger partial charge in [0.25, 0.3) is 10.1 Å². The van der Waals surface area contributed by atoms with Gasteiger partial charge in [-0.2, -0.15) is 8.42 Å². The molecule has 1 aromatic heterocycles. The average Bonchev–Trinajstić information content (AvgIpc) is 2.88. The fourth-order valence-electron chi connectivity index (χ4n) is 2.22. The van der Waals surface area contributed by atoms with E-state index in [1.54, 1.807) is 36.5 Å². The lowest BCUT2D eigenvalue weighted by Crippen LogP contribution is -2.03. The van der Waals surface area contributed by atoms with Crippen LogP contribution in [-0.4, -0.2) is 22.5 Å². The third-order valence-electron chi connectivity index (χ3n) is 3.38. The molecule has 0 saturated carbocycles. The number of hydrogen-bond donors (Lipinski definition) is 1. The van der Waals surface area contributed by atoms with Crippen LogP contribution in [0.15, 0.2) is 53.7 Å². The predicted octanol–water partition coefficient (Wildman–Crippen LogP) is 2.40. The standard InChI is InChI=1S/C15H14N2O4S/c1-17-8-7-16-15(17)10-21-12-6-5-11-3-2-4-14(13(11)9-12)22(18,19)20/h2-9H,10H2,1H3,(H,18,19,20). The van der Waals surface area contributed by atoms with E-state index in [9.17, 15) is 13.0 Å². The van der Waals surface area contributed by atoms with Gasteiger partial charge in [0.05, 0.1) is 0 Å². The minimum absolute atomic E-state index is 0.132. The van der Waals surface area contributed by atoms with Gasteiger partial charge in [-0.3, -0.25) is 4.55 Å². The topological polar surface area (TPSA) is 81.4 Å². The molecule has 0 atom stereocenters. The highest BCUT2D eigenvalue weighted by Gasteiger charge is 2.14.